The van der Waals surface area contributed by atoms with E-state index >= 15 is 0 Å². The lowest BCUT2D eigenvalue weighted by atomic mass is 10.00. The maximum absolute atomic E-state index is 12.7. The lowest BCUT2D eigenvalue weighted by molar-refractivity contribution is -0.167. The van der Waals surface area contributed by atoms with Crippen LogP contribution in [0.2, 0.25) is 0 Å². The Morgan fingerprint density at radius 1 is 0.389 bits per heavy atom. The highest BCUT2D eigenvalue weighted by atomic mass is 16.6. The molecule has 0 rings (SSSR count). The van der Waals surface area contributed by atoms with Gasteiger partial charge in [0.05, 0.1) is 0 Å². The molecule has 0 aromatic rings. The topological polar surface area (TPSA) is 78.9 Å². The van der Waals surface area contributed by atoms with Gasteiger partial charge in [0, 0.05) is 19.3 Å². The van der Waals surface area contributed by atoms with Gasteiger partial charge in [-0.1, -0.05) is 221 Å². The molecule has 0 heterocycles. The van der Waals surface area contributed by atoms with Crippen LogP contribution >= 0.6 is 0 Å². The molecule has 0 aliphatic rings. The van der Waals surface area contributed by atoms with Gasteiger partial charge in [-0.15, -0.1) is 0 Å². The summed E-state index contributed by atoms with van der Waals surface area (Å²) < 4.78 is 16.7. The van der Waals surface area contributed by atoms with Crippen LogP contribution in [-0.4, -0.2) is 37.2 Å². The molecule has 0 saturated carbocycles. The fourth-order valence-corrected chi connectivity index (χ4v) is 7.07. The molecule has 0 amide bonds. The lowest BCUT2D eigenvalue weighted by Gasteiger charge is -2.18. The van der Waals surface area contributed by atoms with Crippen molar-refractivity contribution < 1.29 is 28.6 Å². The summed E-state index contributed by atoms with van der Waals surface area (Å²) in [4.78, 5) is 37.7. The Kier molecular flexibility index (Phi) is 39.8. The molecule has 6 heteroatoms. The molecule has 2 atom stereocenters. The first-order valence-corrected chi connectivity index (χ1v) is 23.8. The van der Waals surface area contributed by atoms with Gasteiger partial charge >= 0.3 is 17.9 Å². The number of hydrogen-bond donors (Lipinski definition) is 0. The minimum absolute atomic E-state index is 0.0658. The van der Waals surface area contributed by atoms with Crippen molar-refractivity contribution in [3.63, 3.8) is 0 Å². The van der Waals surface area contributed by atoms with E-state index in [1.807, 2.05) is 0 Å². The molecule has 6 nitrogen and oxygen atoms in total. The number of carbonyl (C=O) groups is 3. The van der Waals surface area contributed by atoms with Crippen LogP contribution in [0.4, 0.5) is 0 Å². The molecule has 1 unspecified atom stereocenters. The Bertz CT molecular complexity index is 826. The van der Waals surface area contributed by atoms with E-state index in [1.165, 1.54) is 148 Å². The molecule has 0 radical (unpaired) electrons. The van der Waals surface area contributed by atoms with Gasteiger partial charge in [-0.25, -0.2) is 0 Å². The van der Waals surface area contributed by atoms with Crippen molar-refractivity contribution in [1.29, 1.82) is 0 Å². The van der Waals surface area contributed by atoms with Crippen molar-refractivity contribution in [1.82, 2.24) is 0 Å². The summed E-state index contributed by atoms with van der Waals surface area (Å²) in [6.45, 7) is 11.3. The number of hydrogen-bond acceptors (Lipinski definition) is 6. The number of ether oxygens (including phenoxy) is 3. The Labute approximate surface area is 336 Å². The van der Waals surface area contributed by atoms with E-state index in [4.69, 9.17) is 14.2 Å². The van der Waals surface area contributed by atoms with Gasteiger partial charge in [0.1, 0.15) is 13.2 Å². The molecule has 0 aromatic carbocycles. The first kappa shape index (κ1) is 52.4. The van der Waals surface area contributed by atoms with Crippen molar-refractivity contribution in [2.45, 2.75) is 265 Å². The van der Waals surface area contributed by atoms with Crippen molar-refractivity contribution in [2.24, 2.45) is 11.8 Å². The molecule has 0 bridgehead atoms. The van der Waals surface area contributed by atoms with E-state index in [1.54, 1.807) is 0 Å². The third-order valence-corrected chi connectivity index (χ3v) is 11.1. The predicted molar refractivity (Wildman–Crippen MR) is 229 cm³/mol. The summed E-state index contributed by atoms with van der Waals surface area (Å²) >= 11 is 0. The zero-order valence-electron chi connectivity index (χ0n) is 36.8. The van der Waals surface area contributed by atoms with E-state index in [-0.39, 0.29) is 31.1 Å². The molecular weight excluding hydrogens is 673 g/mol. The fourth-order valence-electron chi connectivity index (χ4n) is 7.07. The average molecular weight is 765 g/mol. The van der Waals surface area contributed by atoms with Crippen LogP contribution in [0.25, 0.3) is 0 Å². The maximum Gasteiger partial charge on any atom is 0.306 e. The second-order valence-corrected chi connectivity index (χ2v) is 17.1. The van der Waals surface area contributed by atoms with Crippen LogP contribution in [-0.2, 0) is 28.6 Å². The number of rotatable bonds is 42. The van der Waals surface area contributed by atoms with E-state index in [9.17, 15) is 14.4 Å². The average Bonchev–Trinajstić information content (AvgIpc) is 3.15. The molecule has 0 N–H and O–H groups in total. The second-order valence-electron chi connectivity index (χ2n) is 17.1. The van der Waals surface area contributed by atoms with E-state index in [0.29, 0.717) is 19.3 Å². The number of esters is 3. The SMILES string of the molecule is CCCCCCCCCCCCCCCCCCC(=O)OC[C@@H](COC(=O)CCCCCCCCCC(C)C)OC(=O)CCCCCCCCC(C)CC. The van der Waals surface area contributed by atoms with Gasteiger partial charge in [-0.3, -0.25) is 14.4 Å². The Morgan fingerprint density at radius 3 is 1.06 bits per heavy atom. The van der Waals surface area contributed by atoms with Crippen LogP contribution in [0.15, 0.2) is 0 Å². The van der Waals surface area contributed by atoms with E-state index < -0.39 is 6.10 Å². The van der Waals surface area contributed by atoms with Crippen LogP contribution in [0, 0.1) is 11.8 Å². The van der Waals surface area contributed by atoms with Crippen molar-refractivity contribution >= 4 is 17.9 Å². The minimum Gasteiger partial charge on any atom is -0.462 e. The zero-order valence-corrected chi connectivity index (χ0v) is 36.8. The first-order chi connectivity index (χ1) is 26.3. The van der Waals surface area contributed by atoms with Gasteiger partial charge < -0.3 is 14.2 Å². The molecule has 0 saturated heterocycles. The number of unbranched alkanes of at least 4 members (excludes halogenated alkanes) is 26. The van der Waals surface area contributed by atoms with Crippen LogP contribution in [0.5, 0.6) is 0 Å². The molecular formula is C48H92O6. The van der Waals surface area contributed by atoms with Crippen molar-refractivity contribution in [3.8, 4) is 0 Å². The highest BCUT2D eigenvalue weighted by Crippen LogP contribution is 2.17. The summed E-state index contributed by atoms with van der Waals surface area (Å²) in [5.41, 5.74) is 0. The third-order valence-electron chi connectivity index (χ3n) is 11.1. The molecule has 0 aliphatic carbocycles. The molecule has 0 aliphatic heterocycles. The van der Waals surface area contributed by atoms with Crippen molar-refractivity contribution in [2.75, 3.05) is 13.2 Å². The monoisotopic (exact) mass is 765 g/mol. The Balaban J connectivity index is 4.28. The molecule has 0 spiro atoms. The van der Waals surface area contributed by atoms with Crippen LogP contribution < -0.4 is 0 Å². The minimum atomic E-state index is -0.761. The third kappa shape index (κ3) is 40.1. The molecule has 320 valence electrons. The van der Waals surface area contributed by atoms with Gasteiger partial charge in [0.2, 0.25) is 0 Å². The molecule has 0 fully saturated rings. The van der Waals surface area contributed by atoms with E-state index in [2.05, 4.69) is 34.6 Å². The second kappa shape index (κ2) is 41.1. The standard InChI is InChI=1S/C48H92O6/c1-6-8-9-10-11-12-13-14-15-16-17-18-19-22-28-33-38-46(49)52-41-45(54-48(51)40-35-30-25-24-27-32-37-44(5)7-2)42-53-47(50)39-34-29-23-20-21-26-31-36-43(3)4/h43-45H,6-42H2,1-5H3/t44?,45-/m0/s1. The van der Waals surface area contributed by atoms with Crippen molar-refractivity contribution in [3.05, 3.63) is 0 Å². The quantitative estimate of drug-likeness (QED) is 0.0350. The molecule has 54 heavy (non-hydrogen) atoms. The smallest absolute Gasteiger partial charge is 0.306 e. The number of carbonyl (C=O) groups excluding carboxylic acids is 3. The highest BCUT2D eigenvalue weighted by molar-refractivity contribution is 5.71. The van der Waals surface area contributed by atoms with Gasteiger partial charge in [0.25, 0.3) is 0 Å². The van der Waals surface area contributed by atoms with E-state index in [0.717, 1.165) is 69.6 Å². The molecule has 0 aromatic heterocycles. The maximum atomic E-state index is 12.7. The first-order valence-electron chi connectivity index (χ1n) is 23.8. The fraction of sp³-hybridized carbons (Fsp3) is 0.938. The Hall–Kier alpha value is -1.59. The van der Waals surface area contributed by atoms with Gasteiger partial charge in [-0.2, -0.15) is 0 Å². The highest BCUT2D eigenvalue weighted by Gasteiger charge is 2.19. The van der Waals surface area contributed by atoms with Gasteiger partial charge in [-0.05, 0) is 31.1 Å². The van der Waals surface area contributed by atoms with Gasteiger partial charge in [0.15, 0.2) is 6.10 Å². The van der Waals surface area contributed by atoms with Crippen LogP contribution in [0.3, 0.4) is 0 Å². The Morgan fingerprint density at radius 2 is 0.704 bits per heavy atom. The lowest BCUT2D eigenvalue weighted by Crippen LogP contribution is -2.30. The normalized spacial score (nSPS) is 12.6. The summed E-state index contributed by atoms with van der Waals surface area (Å²) in [7, 11) is 0. The van der Waals surface area contributed by atoms with Crippen LogP contribution in [0.1, 0.15) is 259 Å². The summed E-state index contributed by atoms with van der Waals surface area (Å²) in [6.07, 6.45) is 39.6. The largest absolute Gasteiger partial charge is 0.462 e. The summed E-state index contributed by atoms with van der Waals surface area (Å²) in [6, 6.07) is 0. The zero-order chi connectivity index (χ0) is 39.7. The summed E-state index contributed by atoms with van der Waals surface area (Å²) in [5.74, 6) is 0.731. The summed E-state index contributed by atoms with van der Waals surface area (Å²) in [5, 5.41) is 0. The predicted octanol–water partition coefficient (Wildman–Crippen LogP) is 15.0.